The van der Waals surface area contributed by atoms with Gasteiger partial charge in [-0.1, -0.05) is 240 Å². The Balaban J connectivity index is 0.000000114. The molecule has 0 bridgehead atoms. The molecule has 0 unspecified atom stereocenters. The van der Waals surface area contributed by atoms with Crippen molar-refractivity contribution in [2.75, 3.05) is 0 Å². The van der Waals surface area contributed by atoms with E-state index in [-0.39, 0.29) is 0 Å². The normalized spacial score (nSPS) is 12.3. The van der Waals surface area contributed by atoms with Crippen LogP contribution < -0.4 is 0 Å². The predicted octanol–water partition coefficient (Wildman–Crippen LogP) is 38.8. The molecule has 0 aliphatic rings. The number of aromatic amines is 10. The van der Waals surface area contributed by atoms with Gasteiger partial charge in [0.25, 0.3) is 0 Å². The van der Waals surface area contributed by atoms with E-state index in [0.29, 0.717) is 94.7 Å². The number of rotatable bonds is 16. The standard InChI is InChI=1S/C17H22N2.C16H21N3.C16H20N2.C16H19NO.C16H19NS.C15H19N3.C15H18N2O.C15H18N2S/c1-10(2)15-9-13-14(18-15)7-6-12-8-16(11(3)4)19(5)17(12)13;1-9(2)14-8-11-12(17-14)6-7-13-15(11)19(5)16(18-13)10(3)4;1-9(2)14-7-11-5-6-13-12(16(11)18-14)8-15(17-13)10(3)4;2*1-9(2)14-8-12-13(17-14)6-5-11-7-15(10(3)4)18-16(11)12;3*1-8(2)13-7-10-11(16-13)5-6-12-14(10)18-15(17-12)9(3)4/h6-11,18H,1-5H3;6-10,17H,1-5H3;5-10,17-18H,1-4H3;2*5-10,17H,1-4H3;5-9,16H,1-4H3,(H,17,18);2*5-9,16H,1-4H3. The Hall–Kier alpha value is -13.0. The van der Waals surface area contributed by atoms with Crippen LogP contribution in [0.2, 0.25) is 0 Å². The average molecular weight is 1990 g/mol. The molecule has 0 aliphatic heterocycles. The average Bonchev–Trinajstić information content (AvgIpc) is 1.60. The minimum absolute atomic E-state index is 0.316. The molecule has 0 aliphatic carbocycles. The van der Waals surface area contributed by atoms with Gasteiger partial charge in [0.1, 0.15) is 28.5 Å². The molecule has 18 nitrogen and oxygen atoms in total. The van der Waals surface area contributed by atoms with E-state index in [0.717, 1.165) is 78.5 Å². The highest BCUT2D eigenvalue weighted by Crippen LogP contribution is 2.43. The van der Waals surface area contributed by atoms with Gasteiger partial charge in [-0.3, -0.25) is 0 Å². The van der Waals surface area contributed by atoms with E-state index in [1.54, 1.807) is 0 Å². The van der Waals surface area contributed by atoms with Crippen molar-refractivity contribution in [2.24, 2.45) is 14.1 Å². The molecule has 20 heteroatoms. The molecule has 0 saturated carbocycles. The second-order valence-corrected chi connectivity index (χ2v) is 47.7. The van der Waals surface area contributed by atoms with Crippen LogP contribution in [0.5, 0.6) is 0 Å². The summed E-state index contributed by atoms with van der Waals surface area (Å²) in [6.07, 6.45) is 0. The maximum atomic E-state index is 6.02. The molecular weight excluding hydrogens is 1830 g/mol. The number of H-pyrrole nitrogens is 10. The van der Waals surface area contributed by atoms with Gasteiger partial charge >= 0.3 is 0 Å². The third-order valence-electron chi connectivity index (χ3n) is 28.7. The van der Waals surface area contributed by atoms with Crippen LogP contribution in [0, 0.1) is 0 Å². The lowest BCUT2D eigenvalue weighted by Gasteiger charge is -2.07. The van der Waals surface area contributed by atoms with Crippen LogP contribution in [-0.4, -0.2) is 78.9 Å². The number of thiazole rings is 1. The Morgan fingerprint density at radius 3 is 1.14 bits per heavy atom. The van der Waals surface area contributed by atoms with Crippen LogP contribution in [0.1, 0.15) is 406 Å². The Morgan fingerprint density at radius 1 is 0.247 bits per heavy atom. The number of nitrogens with zero attached hydrogens (tertiary/aromatic N) is 6. The van der Waals surface area contributed by atoms with Crippen LogP contribution in [0.3, 0.4) is 0 Å². The Morgan fingerprint density at radius 2 is 0.651 bits per heavy atom. The number of aryl methyl sites for hydroxylation is 2. The van der Waals surface area contributed by atoms with Gasteiger partial charge in [0.05, 0.1) is 48.3 Å². The summed E-state index contributed by atoms with van der Waals surface area (Å²) in [6.45, 7) is 70.5. The number of hydrogen-bond acceptors (Lipinski definition) is 8. The van der Waals surface area contributed by atoms with Crippen LogP contribution in [-0.2, 0) is 14.1 Å². The molecule has 764 valence electrons. The van der Waals surface area contributed by atoms with Gasteiger partial charge < -0.3 is 67.8 Å². The zero-order chi connectivity index (χ0) is 105. The predicted molar refractivity (Wildman–Crippen MR) is 630 cm³/mol. The summed E-state index contributed by atoms with van der Waals surface area (Å²) >= 11 is 3.77. The first-order valence-electron chi connectivity index (χ1n) is 53.5. The minimum Gasteiger partial charge on any atom is -0.460 e. The topological polar surface area (TPSA) is 246 Å². The maximum absolute atomic E-state index is 6.02. The largest absolute Gasteiger partial charge is 0.460 e. The van der Waals surface area contributed by atoms with E-state index in [4.69, 9.17) is 23.8 Å². The van der Waals surface area contributed by atoms with Gasteiger partial charge in [0.15, 0.2) is 11.5 Å². The molecule has 0 amide bonds. The van der Waals surface area contributed by atoms with E-state index in [9.17, 15) is 0 Å². The molecule has 0 atom stereocenters. The van der Waals surface area contributed by atoms with Crippen molar-refractivity contribution in [1.82, 2.24) is 78.9 Å². The van der Waals surface area contributed by atoms with Crippen molar-refractivity contribution >= 4 is 196 Å². The second kappa shape index (κ2) is 42.4. The van der Waals surface area contributed by atoms with Crippen LogP contribution >= 0.6 is 22.7 Å². The summed E-state index contributed by atoms with van der Waals surface area (Å²) in [5.74, 6) is 12.1. The quantitative estimate of drug-likeness (QED) is 0.0451. The second-order valence-electron chi connectivity index (χ2n) is 45.6. The first kappa shape index (κ1) is 104. The molecular formula is C126H156N16O2S2. The molecule has 0 fully saturated rings. The summed E-state index contributed by atoms with van der Waals surface area (Å²) in [4.78, 5) is 55.2. The van der Waals surface area contributed by atoms with Crippen molar-refractivity contribution in [3.63, 3.8) is 0 Å². The summed E-state index contributed by atoms with van der Waals surface area (Å²) in [7, 11) is 4.30. The fourth-order valence-electron chi connectivity index (χ4n) is 19.6. The molecule has 24 aromatic rings. The van der Waals surface area contributed by atoms with Gasteiger partial charge in [-0.05, 0) is 222 Å². The van der Waals surface area contributed by atoms with Crippen molar-refractivity contribution in [3.05, 3.63) is 260 Å². The number of hydrogen-bond donors (Lipinski definition) is 10. The van der Waals surface area contributed by atoms with Crippen molar-refractivity contribution < 1.29 is 8.83 Å². The van der Waals surface area contributed by atoms with Crippen LogP contribution in [0.25, 0.3) is 173 Å². The van der Waals surface area contributed by atoms with E-state index in [1.807, 2.05) is 28.7 Å². The highest BCUT2D eigenvalue weighted by atomic mass is 32.1. The van der Waals surface area contributed by atoms with E-state index >= 15 is 0 Å². The monoisotopic (exact) mass is 1990 g/mol. The number of imidazole rings is 2. The third kappa shape index (κ3) is 21.2. The Labute approximate surface area is 868 Å². The van der Waals surface area contributed by atoms with Crippen molar-refractivity contribution in [3.8, 4) is 0 Å². The van der Waals surface area contributed by atoms with Gasteiger partial charge in [-0.2, -0.15) is 0 Å². The Bertz CT molecular complexity index is 7260. The number of furan rings is 1. The maximum Gasteiger partial charge on any atom is 0.198 e. The lowest BCUT2D eigenvalue weighted by atomic mass is 10.1. The summed E-state index contributed by atoms with van der Waals surface area (Å²) in [5, 5.41) is 16.6. The molecule has 0 radical (unpaired) electrons. The molecule has 24 rings (SSSR count). The number of oxazole rings is 1. The fourth-order valence-corrected chi connectivity index (χ4v) is 21.8. The summed E-state index contributed by atoms with van der Waals surface area (Å²) in [6, 6.07) is 61.6. The van der Waals surface area contributed by atoms with Gasteiger partial charge in [-0.15, -0.1) is 22.7 Å². The molecule has 146 heavy (non-hydrogen) atoms. The lowest BCUT2D eigenvalue weighted by molar-refractivity contribution is 0.503. The zero-order valence-electron chi connectivity index (χ0n) is 92.7. The minimum atomic E-state index is 0.316. The van der Waals surface area contributed by atoms with Gasteiger partial charge in [0.2, 0.25) is 0 Å². The number of thiophene rings is 1. The Kier molecular flexibility index (Phi) is 30.3. The highest BCUT2D eigenvalue weighted by Gasteiger charge is 2.24. The van der Waals surface area contributed by atoms with E-state index in [2.05, 4.69) is 463 Å². The number of aromatic nitrogens is 16. The number of fused-ring (bicyclic) bond motifs is 24. The molecule has 16 aromatic heterocycles. The lowest BCUT2D eigenvalue weighted by Crippen LogP contribution is -1.99. The van der Waals surface area contributed by atoms with Gasteiger partial charge in [0, 0.05) is 214 Å². The highest BCUT2D eigenvalue weighted by molar-refractivity contribution is 7.20. The zero-order valence-corrected chi connectivity index (χ0v) is 94.4. The number of benzene rings is 8. The summed E-state index contributed by atoms with van der Waals surface area (Å²) in [5.41, 5.74) is 33.8. The fraction of sp³-hybridized carbons (Fsp3) is 0.397. The van der Waals surface area contributed by atoms with Crippen molar-refractivity contribution in [1.29, 1.82) is 0 Å². The number of nitrogens with one attached hydrogen (secondary N) is 10. The van der Waals surface area contributed by atoms with Crippen LogP contribution in [0.15, 0.2) is 179 Å². The molecule has 0 saturated heterocycles. The summed E-state index contributed by atoms with van der Waals surface area (Å²) < 4.78 is 19.3. The van der Waals surface area contributed by atoms with Crippen molar-refractivity contribution in [2.45, 2.75) is 316 Å². The van der Waals surface area contributed by atoms with Crippen LogP contribution in [0.4, 0.5) is 0 Å². The first-order valence-corrected chi connectivity index (χ1v) is 55.2. The smallest absolute Gasteiger partial charge is 0.198 e. The third-order valence-corrected chi connectivity index (χ3v) is 31.6. The molecule has 8 aromatic carbocycles. The van der Waals surface area contributed by atoms with E-state index in [1.165, 1.54) is 185 Å². The SMILES string of the molecule is CC(C)c1cc2c(ccc3[nH]c(C(C)C)nc32)[nH]1.CC(C)c1cc2c(ccc3cc(C(C)C)[nH]c32)[nH]1.CC(C)c1cc2c(ccc3cc(C(C)C)n(C)c32)[nH]1.CC(C)c1cc2c(ccc3cc(C(C)C)oc32)[nH]1.CC(C)c1cc2c(ccc3cc(C(C)C)sc32)[nH]1.CC(C)c1cc2c(ccc3nc(C(C)C)n(C)c32)[nH]1.CC(C)c1cc2c(ccc3nc(C(C)C)oc32)[nH]1.CC(C)c1cc2c(ccc3nc(C(C)C)sc32)[nH]1. The molecule has 10 N–H and O–H groups in total. The first-order chi connectivity index (χ1) is 69.3. The molecule has 0 spiro atoms. The molecule has 16 heterocycles. The van der Waals surface area contributed by atoms with E-state index < -0.39 is 0 Å². The van der Waals surface area contributed by atoms with Gasteiger partial charge in [-0.25, -0.2) is 19.9 Å².